The van der Waals surface area contributed by atoms with E-state index in [0.29, 0.717) is 6.04 Å². The number of rotatable bonds is 8. The van der Waals surface area contributed by atoms with Gasteiger partial charge in [0.1, 0.15) is 0 Å². The van der Waals surface area contributed by atoms with Gasteiger partial charge in [-0.05, 0) is 68.7 Å². The molecule has 19 heavy (non-hydrogen) atoms. The Morgan fingerprint density at radius 3 is 2.21 bits per heavy atom. The number of benzene rings is 1. The van der Waals surface area contributed by atoms with Crippen molar-refractivity contribution in [3.63, 3.8) is 0 Å². The average molecular weight is 261 g/mol. The summed E-state index contributed by atoms with van der Waals surface area (Å²) in [6.45, 7) is 12.5. The van der Waals surface area contributed by atoms with Crippen LogP contribution in [0.4, 0.5) is 0 Å². The third kappa shape index (κ3) is 5.78. The van der Waals surface area contributed by atoms with Gasteiger partial charge < -0.3 is 5.32 Å². The standard InChI is InChI=1S/C18H31N/c1-6-12-19-17(11-10-14(2)3)13-18-15(4)8-7-9-16(18)5/h7-9,14,17,19H,6,10-13H2,1-5H3. The molecule has 0 heterocycles. The molecule has 1 rings (SSSR count). The molecule has 1 atom stereocenters. The van der Waals surface area contributed by atoms with E-state index in [1.54, 1.807) is 5.56 Å². The lowest BCUT2D eigenvalue weighted by Crippen LogP contribution is -2.32. The monoisotopic (exact) mass is 261 g/mol. The van der Waals surface area contributed by atoms with E-state index in [2.05, 4.69) is 58.1 Å². The largest absolute Gasteiger partial charge is 0.314 e. The van der Waals surface area contributed by atoms with E-state index in [1.807, 2.05) is 0 Å². The lowest BCUT2D eigenvalue weighted by Gasteiger charge is -2.21. The first-order valence-electron chi connectivity index (χ1n) is 7.83. The van der Waals surface area contributed by atoms with Gasteiger partial charge in [-0.2, -0.15) is 0 Å². The minimum atomic E-state index is 0.627. The lowest BCUT2D eigenvalue weighted by molar-refractivity contribution is 0.426. The number of hydrogen-bond acceptors (Lipinski definition) is 1. The molecule has 108 valence electrons. The maximum Gasteiger partial charge on any atom is 0.0108 e. The van der Waals surface area contributed by atoms with E-state index in [1.165, 1.54) is 36.8 Å². The topological polar surface area (TPSA) is 12.0 Å². The molecule has 1 aromatic rings. The maximum atomic E-state index is 3.73. The molecule has 0 amide bonds. The fourth-order valence-electron chi connectivity index (χ4n) is 2.58. The minimum absolute atomic E-state index is 0.627. The Bertz CT molecular complexity index is 348. The molecule has 1 N–H and O–H groups in total. The van der Waals surface area contributed by atoms with E-state index in [0.717, 1.165) is 12.5 Å². The van der Waals surface area contributed by atoms with E-state index in [4.69, 9.17) is 0 Å². The summed E-state index contributed by atoms with van der Waals surface area (Å²) < 4.78 is 0. The number of nitrogens with one attached hydrogen (secondary N) is 1. The second-order valence-electron chi connectivity index (χ2n) is 6.20. The van der Waals surface area contributed by atoms with Crippen molar-refractivity contribution in [2.45, 2.75) is 66.3 Å². The Hall–Kier alpha value is -0.820. The highest BCUT2D eigenvalue weighted by molar-refractivity contribution is 5.34. The Morgan fingerprint density at radius 1 is 1.05 bits per heavy atom. The van der Waals surface area contributed by atoms with Gasteiger partial charge in [-0.15, -0.1) is 0 Å². The molecular weight excluding hydrogens is 230 g/mol. The third-order valence-electron chi connectivity index (χ3n) is 3.87. The van der Waals surface area contributed by atoms with Gasteiger partial charge >= 0.3 is 0 Å². The highest BCUT2D eigenvalue weighted by Gasteiger charge is 2.12. The van der Waals surface area contributed by atoms with E-state index >= 15 is 0 Å². The summed E-state index contributed by atoms with van der Waals surface area (Å²) in [6, 6.07) is 7.27. The van der Waals surface area contributed by atoms with Crippen LogP contribution < -0.4 is 5.32 Å². The third-order valence-corrected chi connectivity index (χ3v) is 3.87. The molecular formula is C18H31N. The molecule has 0 spiro atoms. The first-order chi connectivity index (χ1) is 9.04. The molecule has 1 nitrogen and oxygen atoms in total. The highest BCUT2D eigenvalue weighted by atomic mass is 14.9. The van der Waals surface area contributed by atoms with Crippen molar-refractivity contribution in [2.24, 2.45) is 5.92 Å². The van der Waals surface area contributed by atoms with Crippen molar-refractivity contribution in [3.05, 3.63) is 34.9 Å². The predicted octanol–water partition coefficient (Wildman–Crippen LogP) is 4.65. The van der Waals surface area contributed by atoms with Gasteiger partial charge in [-0.25, -0.2) is 0 Å². The zero-order valence-electron chi connectivity index (χ0n) is 13.4. The fraction of sp³-hybridized carbons (Fsp3) is 0.667. The summed E-state index contributed by atoms with van der Waals surface area (Å²) in [4.78, 5) is 0. The normalized spacial score (nSPS) is 12.9. The Morgan fingerprint density at radius 2 is 1.68 bits per heavy atom. The molecule has 0 aliphatic carbocycles. The fourth-order valence-corrected chi connectivity index (χ4v) is 2.58. The summed E-state index contributed by atoms with van der Waals surface area (Å²) >= 11 is 0. The highest BCUT2D eigenvalue weighted by Crippen LogP contribution is 2.18. The summed E-state index contributed by atoms with van der Waals surface area (Å²) in [5.74, 6) is 0.795. The maximum absolute atomic E-state index is 3.73. The first-order valence-corrected chi connectivity index (χ1v) is 7.83. The van der Waals surface area contributed by atoms with Crippen molar-refractivity contribution in [1.82, 2.24) is 5.32 Å². The first kappa shape index (κ1) is 16.2. The zero-order chi connectivity index (χ0) is 14.3. The van der Waals surface area contributed by atoms with Crippen LogP contribution in [0.25, 0.3) is 0 Å². The van der Waals surface area contributed by atoms with Crippen molar-refractivity contribution in [1.29, 1.82) is 0 Å². The Labute approximate surface area is 119 Å². The van der Waals surface area contributed by atoms with Crippen LogP contribution in [0.5, 0.6) is 0 Å². The van der Waals surface area contributed by atoms with Gasteiger partial charge in [0.05, 0.1) is 0 Å². The van der Waals surface area contributed by atoms with Crippen LogP contribution in [0, 0.1) is 19.8 Å². The minimum Gasteiger partial charge on any atom is -0.314 e. The van der Waals surface area contributed by atoms with Gasteiger partial charge in [0.25, 0.3) is 0 Å². The average Bonchev–Trinajstić information content (AvgIpc) is 2.36. The van der Waals surface area contributed by atoms with Crippen LogP contribution in [0.1, 0.15) is 56.7 Å². The summed E-state index contributed by atoms with van der Waals surface area (Å²) in [5, 5.41) is 3.73. The molecule has 0 fully saturated rings. The van der Waals surface area contributed by atoms with Crippen molar-refractivity contribution in [3.8, 4) is 0 Å². The molecule has 0 aliphatic heterocycles. The zero-order valence-corrected chi connectivity index (χ0v) is 13.4. The lowest BCUT2D eigenvalue weighted by atomic mass is 9.93. The van der Waals surface area contributed by atoms with Crippen LogP contribution in [0.15, 0.2) is 18.2 Å². The van der Waals surface area contributed by atoms with Crippen LogP contribution in [0.3, 0.4) is 0 Å². The molecule has 0 saturated carbocycles. The van der Waals surface area contributed by atoms with E-state index in [9.17, 15) is 0 Å². The molecule has 0 aromatic heterocycles. The molecule has 0 saturated heterocycles. The SMILES string of the molecule is CCCNC(CCC(C)C)Cc1c(C)cccc1C. The van der Waals surface area contributed by atoms with Gasteiger partial charge in [0.15, 0.2) is 0 Å². The molecule has 1 heteroatoms. The van der Waals surface area contributed by atoms with Crippen LogP contribution in [0.2, 0.25) is 0 Å². The van der Waals surface area contributed by atoms with Crippen molar-refractivity contribution in [2.75, 3.05) is 6.54 Å². The van der Waals surface area contributed by atoms with Crippen LogP contribution in [-0.2, 0) is 6.42 Å². The number of hydrogen-bond donors (Lipinski definition) is 1. The van der Waals surface area contributed by atoms with E-state index < -0.39 is 0 Å². The Balaban J connectivity index is 2.69. The molecule has 0 aliphatic rings. The predicted molar refractivity (Wildman–Crippen MR) is 85.8 cm³/mol. The second-order valence-corrected chi connectivity index (χ2v) is 6.20. The molecule has 1 unspecified atom stereocenters. The van der Waals surface area contributed by atoms with Crippen molar-refractivity contribution < 1.29 is 0 Å². The summed E-state index contributed by atoms with van der Waals surface area (Å²) in [6.07, 6.45) is 4.98. The Kier molecular flexibility index (Phi) is 7.15. The second kappa shape index (κ2) is 8.37. The van der Waals surface area contributed by atoms with Crippen LogP contribution in [-0.4, -0.2) is 12.6 Å². The quantitative estimate of drug-likeness (QED) is 0.718. The van der Waals surface area contributed by atoms with Crippen LogP contribution >= 0.6 is 0 Å². The molecule has 0 bridgehead atoms. The smallest absolute Gasteiger partial charge is 0.0108 e. The van der Waals surface area contributed by atoms with E-state index in [-0.39, 0.29) is 0 Å². The van der Waals surface area contributed by atoms with Gasteiger partial charge in [0, 0.05) is 6.04 Å². The summed E-state index contributed by atoms with van der Waals surface area (Å²) in [5.41, 5.74) is 4.42. The van der Waals surface area contributed by atoms with Gasteiger partial charge in [-0.3, -0.25) is 0 Å². The van der Waals surface area contributed by atoms with Gasteiger partial charge in [0.2, 0.25) is 0 Å². The number of aryl methyl sites for hydroxylation is 2. The van der Waals surface area contributed by atoms with Crippen molar-refractivity contribution >= 4 is 0 Å². The molecule has 1 aromatic carbocycles. The summed E-state index contributed by atoms with van der Waals surface area (Å²) in [7, 11) is 0. The molecule has 0 radical (unpaired) electrons. The van der Waals surface area contributed by atoms with Gasteiger partial charge in [-0.1, -0.05) is 39.0 Å².